The second-order valence-electron chi connectivity index (χ2n) is 4.41. The van der Waals surface area contributed by atoms with E-state index in [1.54, 1.807) is 0 Å². The van der Waals surface area contributed by atoms with Crippen molar-refractivity contribution in [3.63, 3.8) is 0 Å². The molecule has 1 aliphatic carbocycles. The zero-order valence-corrected chi connectivity index (χ0v) is 11.0. The molecular weight excluding hydrogens is 266 g/mol. The van der Waals surface area contributed by atoms with Crippen LogP contribution in [-0.4, -0.2) is 29.2 Å². The summed E-state index contributed by atoms with van der Waals surface area (Å²) in [5, 5.41) is 8.89. The fourth-order valence-electron chi connectivity index (χ4n) is 1.97. The predicted molar refractivity (Wildman–Crippen MR) is 69.3 cm³/mol. The number of nitrogens with zero attached hydrogens (tertiary/aromatic N) is 1. The smallest absolute Gasteiger partial charge is 0.0443 e. The second kappa shape index (κ2) is 5.80. The summed E-state index contributed by atoms with van der Waals surface area (Å²) >= 11 is 3.50. The number of hydrogen-bond acceptors (Lipinski definition) is 2. The molecule has 0 aromatic heterocycles. The number of hydrogen-bond donors (Lipinski definition) is 1. The lowest BCUT2D eigenvalue weighted by Crippen LogP contribution is -2.27. The quantitative estimate of drug-likeness (QED) is 0.868. The van der Waals surface area contributed by atoms with E-state index in [1.165, 1.54) is 18.4 Å². The van der Waals surface area contributed by atoms with Crippen LogP contribution in [0.4, 0.5) is 0 Å². The fourth-order valence-corrected chi connectivity index (χ4v) is 2.42. The molecule has 3 heteroatoms. The van der Waals surface area contributed by atoms with Gasteiger partial charge in [-0.05, 0) is 37.0 Å². The van der Waals surface area contributed by atoms with E-state index in [-0.39, 0.29) is 0 Å². The zero-order chi connectivity index (χ0) is 11.4. The van der Waals surface area contributed by atoms with Crippen LogP contribution in [0.5, 0.6) is 0 Å². The molecule has 1 aromatic carbocycles. The Labute approximate surface area is 105 Å². The van der Waals surface area contributed by atoms with Gasteiger partial charge in [0, 0.05) is 30.2 Å². The molecule has 0 saturated heterocycles. The summed E-state index contributed by atoms with van der Waals surface area (Å²) in [6, 6.07) is 9.23. The molecule has 0 amide bonds. The van der Waals surface area contributed by atoms with Gasteiger partial charge in [-0.2, -0.15) is 0 Å². The summed E-state index contributed by atoms with van der Waals surface area (Å²) < 4.78 is 1.14. The number of benzene rings is 1. The molecule has 1 aromatic rings. The van der Waals surface area contributed by atoms with Crippen LogP contribution in [-0.2, 0) is 6.54 Å². The van der Waals surface area contributed by atoms with E-state index < -0.39 is 0 Å². The first-order valence-corrected chi connectivity index (χ1v) is 6.68. The minimum atomic E-state index is 0.293. The Morgan fingerprint density at radius 3 is 2.81 bits per heavy atom. The molecule has 0 bridgehead atoms. The highest BCUT2D eigenvalue weighted by Gasteiger charge is 2.28. The first-order valence-electron chi connectivity index (χ1n) is 5.89. The third-order valence-electron chi connectivity index (χ3n) is 2.94. The number of aliphatic hydroxyl groups is 1. The first kappa shape index (κ1) is 12.1. The molecule has 0 unspecified atom stereocenters. The van der Waals surface area contributed by atoms with Crippen LogP contribution in [0.25, 0.3) is 0 Å². The summed E-state index contributed by atoms with van der Waals surface area (Å²) in [5.74, 6) is 0. The van der Waals surface area contributed by atoms with E-state index in [2.05, 4.69) is 45.1 Å². The van der Waals surface area contributed by atoms with Gasteiger partial charge in [0.25, 0.3) is 0 Å². The number of aliphatic hydroxyl groups excluding tert-OH is 1. The second-order valence-corrected chi connectivity index (χ2v) is 5.32. The van der Waals surface area contributed by atoms with Gasteiger partial charge in [0.05, 0.1) is 0 Å². The lowest BCUT2D eigenvalue weighted by atomic mass is 10.2. The van der Waals surface area contributed by atoms with Crippen molar-refractivity contribution in [3.05, 3.63) is 34.3 Å². The van der Waals surface area contributed by atoms with Gasteiger partial charge in [-0.1, -0.05) is 28.1 Å². The van der Waals surface area contributed by atoms with Crippen LogP contribution >= 0.6 is 15.9 Å². The molecule has 1 N–H and O–H groups in total. The molecule has 88 valence electrons. The lowest BCUT2D eigenvalue weighted by Gasteiger charge is -2.21. The molecule has 0 heterocycles. The van der Waals surface area contributed by atoms with Crippen molar-refractivity contribution in [3.8, 4) is 0 Å². The molecule has 0 atom stereocenters. The zero-order valence-electron chi connectivity index (χ0n) is 9.40. The van der Waals surface area contributed by atoms with Crippen molar-refractivity contribution in [1.29, 1.82) is 0 Å². The topological polar surface area (TPSA) is 23.5 Å². The van der Waals surface area contributed by atoms with Crippen LogP contribution in [0, 0.1) is 0 Å². The fraction of sp³-hybridized carbons (Fsp3) is 0.538. The maximum absolute atomic E-state index is 8.89. The predicted octanol–water partition coefficient (Wildman–Crippen LogP) is 2.80. The summed E-state index contributed by atoms with van der Waals surface area (Å²) in [7, 11) is 0. The van der Waals surface area contributed by atoms with Gasteiger partial charge >= 0.3 is 0 Å². The molecule has 2 rings (SSSR count). The average molecular weight is 284 g/mol. The molecule has 1 aliphatic rings. The van der Waals surface area contributed by atoms with Crippen molar-refractivity contribution < 1.29 is 5.11 Å². The Morgan fingerprint density at radius 2 is 2.19 bits per heavy atom. The SMILES string of the molecule is OCCCN(Cc1cccc(Br)c1)C1CC1. The Hall–Kier alpha value is -0.380. The number of halogens is 1. The third-order valence-corrected chi connectivity index (χ3v) is 3.43. The van der Waals surface area contributed by atoms with Gasteiger partial charge in [-0.15, -0.1) is 0 Å². The van der Waals surface area contributed by atoms with E-state index in [4.69, 9.17) is 5.11 Å². The monoisotopic (exact) mass is 283 g/mol. The molecule has 1 fully saturated rings. The number of rotatable bonds is 6. The van der Waals surface area contributed by atoms with Gasteiger partial charge < -0.3 is 5.11 Å². The first-order chi connectivity index (χ1) is 7.79. The largest absolute Gasteiger partial charge is 0.396 e. The maximum Gasteiger partial charge on any atom is 0.0443 e. The summed E-state index contributed by atoms with van der Waals surface area (Å²) in [5.41, 5.74) is 1.35. The maximum atomic E-state index is 8.89. The van der Waals surface area contributed by atoms with Gasteiger partial charge in [0.1, 0.15) is 0 Å². The molecule has 0 spiro atoms. The van der Waals surface area contributed by atoms with E-state index in [0.717, 1.165) is 30.0 Å². The summed E-state index contributed by atoms with van der Waals surface area (Å²) in [4.78, 5) is 2.48. The summed E-state index contributed by atoms with van der Waals surface area (Å²) in [6.07, 6.45) is 3.52. The molecule has 0 radical (unpaired) electrons. The Balaban J connectivity index is 1.94. The van der Waals surface area contributed by atoms with Crippen molar-refractivity contribution >= 4 is 15.9 Å². The van der Waals surface area contributed by atoms with Crippen molar-refractivity contribution in [2.75, 3.05) is 13.2 Å². The van der Waals surface area contributed by atoms with E-state index >= 15 is 0 Å². The van der Waals surface area contributed by atoms with Gasteiger partial charge in [-0.3, -0.25) is 4.90 Å². The van der Waals surface area contributed by atoms with Gasteiger partial charge in [0.15, 0.2) is 0 Å². The van der Waals surface area contributed by atoms with Crippen LogP contribution < -0.4 is 0 Å². The van der Waals surface area contributed by atoms with E-state index in [9.17, 15) is 0 Å². The van der Waals surface area contributed by atoms with Crippen LogP contribution in [0.3, 0.4) is 0 Å². The molecular formula is C13H18BrNO. The standard InChI is InChI=1S/C13H18BrNO/c14-12-4-1-3-11(9-12)10-15(7-2-8-16)13-5-6-13/h1,3-4,9,13,16H,2,5-8,10H2. The minimum Gasteiger partial charge on any atom is -0.396 e. The van der Waals surface area contributed by atoms with Gasteiger partial charge in [0.2, 0.25) is 0 Å². The minimum absolute atomic E-state index is 0.293. The molecule has 2 nitrogen and oxygen atoms in total. The highest BCUT2D eigenvalue weighted by Crippen LogP contribution is 2.28. The lowest BCUT2D eigenvalue weighted by molar-refractivity contribution is 0.211. The van der Waals surface area contributed by atoms with E-state index in [0.29, 0.717) is 6.61 Å². The molecule has 16 heavy (non-hydrogen) atoms. The highest BCUT2D eigenvalue weighted by molar-refractivity contribution is 9.10. The van der Waals surface area contributed by atoms with Crippen LogP contribution in [0.2, 0.25) is 0 Å². The van der Waals surface area contributed by atoms with Crippen LogP contribution in [0.15, 0.2) is 28.7 Å². The Morgan fingerprint density at radius 1 is 1.38 bits per heavy atom. The molecule has 0 aliphatic heterocycles. The summed E-state index contributed by atoms with van der Waals surface area (Å²) in [6.45, 7) is 2.31. The third kappa shape index (κ3) is 3.58. The Bertz CT molecular complexity index is 338. The van der Waals surface area contributed by atoms with Crippen molar-refractivity contribution in [2.45, 2.75) is 31.8 Å². The van der Waals surface area contributed by atoms with E-state index in [1.807, 2.05) is 0 Å². The molecule has 1 saturated carbocycles. The highest BCUT2D eigenvalue weighted by atomic mass is 79.9. The average Bonchev–Trinajstić information content (AvgIpc) is 3.08. The normalized spacial score (nSPS) is 15.7. The van der Waals surface area contributed by atoms with Crippen molar-refractivity contribution in [1.82, 2.24) is 4.90 Å². The van der Waals surface area contributed by atoms with Gasteiger partial charge in [-0.25, -0.2) is 0 Å². The Kier molecular flexibility index (Phi) is 4.38. The van der Waals surface area contributed by atoms with Crippen molar-refractivity contribution in [2.24, 2.45) is 0 Å². The van der Waals surface area contributed by atoms with Crippen LogP contribution in [0.1, 0.15) is 24.8 Å².